The first-order valence-electron chi connectivity index (χ1n) is 10.6. The number of rotatable bonds is 6. The Morgan fingerprint density at radius 1 is 1.00 bits per heavy atom. The highest BCUT2D eigenvalue weighted by atomic mass is 16.2. The molecule has 0 radical (unpaired) electrons. The zero-order valence-corrected chi connectivity index (χ0v) is 17.6. The summed E-state index contributed by atoms with van der Waals surface area (Å²) >= 11 is 0. The van der Waals surface area contributed by atoms with Gasteiger partial charge in [0.1, 0.15) is 24.5 Å². The smallest absolute Gasteiger partial charge is 0.332 e. The number of quaternary nitrogens is 1. The molecule has 1 aliphatic heterocycles. The van der Waals surface area contributed by atoms with Crippen LogP contribution in [0.3, 0.4) is 0 Å². The van der Waals surface area contributed by atoms with Gasteiger partial charge in [-0.2, -0.15) is 0 Å². The largest absolute Gasteiger partial charge is 0.384 e. The van der Waals surface area contributed by atoms with Crippen LogP contribution in [-0.2, 0) is 26.1 Å². The number of aromatic nitrogens is 2. The first-order chi connectivity index (χ1) is 15.0. The minimum absolute atomic E-state index is 0.0506. The second kappa shape index (κ2) is 8.73. The summed E-state index contributed by atoms with van der Waals surface area (Å²) in [6, 6.07) is 17.6. The molecule has 2 heterocycles. The highest BCUT2D eigenvalue weighted by Gasteiger charge is 2.27. The molecule has 0 saturated heterocycles. The van der Waals surface area contributed by atoms with Gasteiger partial charge in [0.2, 0.25) is 5.78 Å². The minimum atomic E-state index is -0.601. The van der Waals surface area contributed by atoms with Gasteiger partial charge in [0.25, 0.3) is 5.56 Å². The van der Waals surface area contributed by atoms with Crippen LogP contribution in [0.15, 0.2) is 64.2 Å². The number of ketones is 1. The van der Waals surface area contributed by atoms with E-state index in [1.807, 2.05) is 42.5 Å². The molecule has 0 spiro atoms. The van der Waals surface area contributed by atoms with E-state index in [9.17, 15) is 14.4 Å². The molecule has 0 aliphatic carbocycles. The van der Waals surface area contributed by atoms with Crippen LogP contribution in [0, 0.1) is 0 Å². The molecule has 7 nitrogen and oxygen atoms in total. The number of nitrogens with one attached hydrogen (secondary N) is 1. The van der Waals surface area contributed by atoms with Gasteiger partial charge in [0.15, 0.2) is 0 Å². The van der Waals surface area contributed by atoms with E-state index in [0.29, 0.717) is 0 Å². The van der Waals surface area contributed by atoms with E-state index >= 15 is 0 Å². The first kappa shape index (κ1) is 20.8. The van der Waals surface area contributed by atoms with Crippen molar-refractivity contribution in [1.82, 2.24) is 9.13 Å². The molecule has 0 amide bonds. The summed E-state index contributed by atoms with van der Waals surface area (Å²) < 4.78 is 2.42. The van der Waals surface area contributed by atoms with Crippen molar-refractivity contribution in [3.63, 3.8) is 0 Å². The van der Waals surface area contributed by atoms with Crippen LogP contribution in [0.25, 0.3) is 0 Å². The van der Waals surface area contributed by atoms with Crippen molar-refractivity contribution >= 4 is 11.6 Å². The zero-order chi connectivity index (χ0) is 22.0. The maximum Gasteiger partial charge on any atom is 0.332 e. The Morgan fingerprint density at radius 2 is 1.68 bits per heavy atom. The van der Waals surface area contributed by atoms with E-state index in [0.717, 1.165) is 34.5 Å². The van der Waals surface area contributed by atoms with Crippen LogP contribution in [0.2, 0.25) is 0 Å². The number of carbonyl (C=O) groups is 1. The molecular weight excluding hydrogens is 392 g/mol. The molecule has 160 valence electrons. The SMILES string of the molecule is CCn1c(=O)c(C(=O)C[NH+]2CCc3ccccc3C2)c(N)n(Cc2ccccc2)c1=O. The predicted molar refractivity (Wildman–Crippen MR) is 119 cm³/mol. The number of anilines is 1. The van der Waals surface area contributed by atoms with E-state index in [4.69, 9.17) is 5.73 Å². The number of hydrogen-bond acceptors (Lipinski definition) is 4. The average molecular weight is 420 g/mol. The fraction of sp³-hybridized carbons (Fsp3) is 0.292. The maximum atomic E-state index is 13.2. The number of fused-ring (bicyclic) bond motifs is 1. The highest BCUT2D eigenvalue weighted by molar-refractivity contribution is 6.00. The van der Waals surface area contributed by atoms with Crippen molar-refractivity contribution in [2.24, 2.45) is 0 Å². The summed E-state index contributed by atoms with van der Waals surface area (Å²) in [5, 5.41) is 0. The van der Waals surface area contributed by atoms with E-state index < -0.39 is 11.2 Å². The van der Waals surface area contributed by atoms with Crippen molar-refractivity contribution in [2.45, 2.75) is 33.0 Å². The predicted octanol–water partition coefficient (Wildman–Crippen LogP) is 0.484. The summed E-state index contributed by atoms with van der Waals surface area (Å²) in [7, 11) is 0. The molecular formula is C24H27N4O3+. The maximum absolute atomic E-state index is 13.2. The molecule has 1 unspecified atom stereocenters. The van der Waals surface area contributed by atoms with Gasteiger partial charge < -0.3 is 10.6 Å². The Labute approximate surface area is 180 Å². The molecule has 0 bridgehead atoms. The Morgan fingerprint density at radius 3 is 2.39 bits per heavy atom. The molecule has 4 rings (SSSR count). The van der Waals surface area contributed by atoms with Gasteiger partial charge >= 0.3 is 5.69 Å². The standard InChI is InChI=1S/C24H26N4O3/c1-2-27-23(30)21(22(25)28(24(27)31)14-17-8-4-3-5-9-17)20(29)16-26-13-12-18-10-6-7-11-19(18)15-26/h3-11H,2,12-16,25H2,1H3/p+1. The van der Waals surface area contributed by atoms with Crippen molar-refractivity contribution in [2.75, 3.05) is 18.8 Å². The molecule has 1 atom stereocenters. The topological polar surface area (TPSA) is 91.5 Å². The Hall–Kier alpha value is -3.45. The van der Waals surface area contributed by atoms with Gasteiger partial charge in [-0.05, 0) is 18.1 Å². The van der Waals surface area contributed by atoms with E-state index in [-0.39, 0.29) is 36.8 Å². The fourth-order valence-electron chi connectivity index (χ4n) is 4.28. The van der Waals surface area contributed by atoms with Crippen LogP contribution in [0.4, 0.5) is 5.82 Å². The average Bonchev–Trinajstić information content (AvgIpc) is 2.77. The summed E-state index contributed by atoms with van der Waals surface area (Å²) in [6.07, 6.45) is 0.890. The lowest BCUT2D eigenvalue weighted by Gasteiger charge is -2.25. The summed E-state index contributed by atoms with van der Waals surface area (Å²) in [6.45, 7) is 3.81. The number of nitrogens with zero attached hydrogens (tertiary/aromatic N) is 2. The van der Waals surface area contributed by atoms with E-state index in [1.165, 1.54) is 15.7 Å². The molecule has 1 aromatic heterocycles. The van der Waals surface area contributed by atoms with Crippen molar-refractivity contribution < 1.29 is 9.69 Å². The quantitative estimate of drug-likeness (QED) is 0.569. The summed E-state index contributed by atoms with van der Waals surface area (Å²) in [5.41, 5.74) is 8.49. The fourth-order valence-corrected chi connectivity index (χ4v) is 4.28. The van der Waals surface area contributed by atoms with Gasteiger partial charge in [-0.3, -0.25) is 18.7 Å². The highest BCUT2D eigenvalue weighted by Crippen LogP contribution is 2.12. The minimum Gasteiger partial charge on any atom is -0.384 e. The van der Waals surface area contributed by atoms with Crippen LogP contribution >= 0.6 is 0 Å². The lowest BCUT2D eigenvalue weighted by atomic mass is 9.99. The van der Waals surface area contributed by atoms with Crippen LogP contribution in [-0.4, -0.2) is 28.0 Å². The molecule has 0 fully saturated rings. The van der Waals surface area contributed by atoms with Gasteiger partial charge in [-0.25, -0.2) is 4.79 Å². The van der Waals surface area contributed by atoms with Gasteiger partial charge in [-0.1, -0.05) is 54.6 Å². The number of nitrogens with two attached hydrogens (primary N) is 1. The Bertz CT molecular complexity index is 1230. The zero-order valence-electron chi connectivity index (χ0n) is 17.6. The summed E-state index contributed by atoms with van der Waals surface area (Å²) in [5.74, 6) is -0.369. The molecule has 0 saturated carbocycles. The molecule has 3 aromatic rings. The third-order valence-electron chi connectivity index (χ3n) is 5.96. The second-order valence-electron chi connectivity index (χ2n) is 7.96. The second-order valence-corrected chi connectivity index (χ2v) is 7.96. The number of nitrogen functional groups attached to an aromatic ring is 1. The molecule has 3 N–H and O–H groups in total. The first-order valence-corrected chi connectivity index (χ1v) is 10.6. The monoisotopic (exact) mass is 419 g/mol. The van der Waals surface area contributed by atoms with Gasteiger partial charge in [0.05, 0.1) is 13.1 Å². The Balaban J connectivity index is 1.67. The molecule has 31 heavy (non-hydrogen) atoms. The van der Waals surface area contributed by atoms with Crippen molar-refractivity contribution in [3.8, 4) is 0 Å². The van der Waals surface area contributed by atoms with Crippen molar-refractivity contribution in [1.29, 1.82) is 0 Å². The van der Waals surface area contributed by atoms with E-state index in [2.05, 4.69) is 12.1 Å². The molecule has 7 heteroatoms. The number of Topliss-reactive ketones (excluding diaryl/α,β-unsaturated/α-hetero) is 1. The third-order valence-corrected chi connectivity index (χ3v) is 5.96. The normalized spacial score (nSPS) is 15.5. The van der Waals surface area contributed by atoms with Crippen molar-refractivity contribution in [3.05, 3.63) is 97.7 Å². The lowest BCUT2D eigenvalue weighted by Crippen LogP contribution is -3.12. The third kappa shape index (κ3) is 4.09. The lowest BCUT2D eigenvalue weighted by molar-refractivity contribution is -0.907. The summed E-state index contributed by atoms with van der Waals surface area (Å²) in [4.78, 5) is 40.2. The number of hydrogen-bond donors (Lipinski definition) is 2. The van der Waals surface area contributed by atoms with Crippen LogP contribution in [0.1, 0.15) is 34.0 Å². The number of benzene rings is 2. The molecule has 1 aliphatic rings. The molecule has 2 aromatic carbocycles. The van der Waals surface area contributed by atoms with E-state index in [1.54, 1.807) is 6.92 Å². The van der Waals surface area contributed by atoms with Crippen LogP contribution < -0.4 is 21.9 Å². The van der Waals surface area contributed by atoms with Gasteiger partial charge in [-0.15, -0.1) is 0 Å². The number of carbonyl (C=O) groups excluding carboxylic acids is 1. The van der Waals surface area contributed by atoms with Gasteiger partial charge in [0, 0.05) is 18.5 Å². The van der Waals surface area contributed by atoms with Crippen LogP contribution in [0.5, 0.6) is 0 Å². The Kier molecular flexibility index (Phi) is 5.86.